The Morgan fingerprint density at radius 1 is 1.19 bits per heavy atom. The van der Waals surface area contributed by atoms with Crippen molar-refractivity contribution < 1.29 is 24.0 Å². The van der Waals surface area contributed by atoms with Crippen LogP contribution in [0.3, 0.4) is 0 Å². The summed E-state index contributed by atoms with van der Waals surface area (Å²) in [7, 11) is 2.93. The van der Waals surface area contributed by atoms with Crippen LogP contribution in [0.1, 0.15) is 17.3 Å². The number of carbonyl (C=O) groups is 1. The number of rotatable bonds is 5. The van der Waals surface area contributed by atoms with Crippen LogP contribution in [0.5, 0.6) is 11.5 Å². The molecule has 0 aliphatic carbocycles. The average Bonchev–Trinajstić information content (AvgIpc) is 2.34. The number of methoxy groups -OCH3 is 2. The maximum atomic E-state index is 11.7. The number of hydrogen-bond acceptors (Lipinski definition) is 5. The predicted octanol–water partition coefficient (Wildman–Crippen LogP) is 1.81. The second-order valence-electron chi connectivity index (χ2n) is 2.81. The highest BCUT2D eigenvalue weighted by molar-refractivity contribution is 5.95. The van der Waals surface area contributed by atoms with Gasteiger partial charge in [-0.15, -0.1) is 0 Å². The second-order valence-corrected chi connectivity index (χ2v) is 2.81. The molecular formula is C11H14O5. The van der Waals surface area contributed by atoms with Gasteiger partial charge in [0.1, 0.15) is 17.1 Å². The molecule has 0 spiro atoms. The van der Waals surface area contributed by atoms with Crippen molar-refractivity contribution in [3.8, 4) is 11.5 Å². The molecule has 5 nitrogen and oxygen atoms in total. The molecule has 5 heteroatoms. The van der Waals surface area contributed by atoms with E-state index in [0.717, 1.165) is 0 Å². The van der Waals surface area contributed by atoms with Crippen LogP contribution < -0.4 is 9.47 Å². The smallest absolute Gasteiger partial charge is 0.380 e. The van der Waals surface area contributed by atoms with E-state index in [2.05, 4.69) is 9.78 Å². The van der Waals surface area contributed by atoms with Crippen LogP contribution >= 0.6 is 0 Å². The molecule has 1 rings (SSSR count). The van der Waals surface area contributed by atoms with Gasteiger partial charge >= 0.3 is 5.97 Å². The van der Waals surface area contributed by atoms with Gasteiger partial charge in [0.15, 0.2) is 0 Å². The van der Waals surface area contributed by atoms with E-state index in [-0.39, 0.29) is 12.2 Å². The molecular weight excluding hydrogens is 212 g/mol. The van der Waals surface area contributed by atoms with Gasteiger partial charge in [-0.2, -0.15) is 4.89 Å². The number of benzene rings is 1. The van der Waals surface area contributed by atoms with Crippen molar-refractivity contribution in [1.29, 1.82) is 0 Å². The van der Waals surface area contributed by atoms with Crippen molar-refractivity contribution in [3.05, 3.63) is 23.8 Å². The van der Waals surface area contributed by atoms with Crippen LogP contribution in [0.15, 0.2) is 18.2 Å². The lowest BCUT2D eigenvalue weighted by Gasteiger charge is -2.10. The summed E-state index contributed by atoms with van der Waals surface area (Å²) >= 11 is 0. The van der Waals surface area contributed by atoms with E-state index in [0.29, 0.717) is 11.5 Å². The SMILES string of the molecule is CCOOC(=O)c1c(OC)cccc1OC. The fourth-order valence-electron chi connectivity index (χ4n) is 1.21. The monoisotopic (exact) mass is 226 g/mol. The Morgan fingerprint density at radius 3 is 2.19 bits per heavy atom. The Morgan fingerprint density at radius 2 is 1.75 bits per heavy atom. The Hall–Kier alpha value is -1.75. The predicted molar refractivity (Wildman–Crippen MR) is 56.6 cm³/mol. The molecule has 1 aromatic rings. The molecule has 0 aliphatic rings. The summed E-state index contributed by atoms with van der Waals surface area (Å²) in [6, 6.07) is 5.01. The number of carbonyl (C=O) groups excluding carboxylic acids is 1. The van der Waals surface area contributed by atoms with Crippen molar-refractivity contribution >= 4 is 5.97 Å². The summed E-state index contributed by atoms with van der Waals surface area (Å²) in [5.41, 5.74) is 0.209. The fourth-order valence-corrected chi connectivity index (χ4v) is 1.21. The van der Waals surface area contributed by atoms with Gasteiger partial charge in [0, 0.05) is 0 Å². The van der Waals surface area contributed by atoms with Crippen molar-refractivity contribution in [1.82, 2.24) is 0 Å². The first kappa shape index (κ1) is 12.3. The Kier molecular flexibility index (Phi) is 4.60. The van der Waals surface area contributed by atoms with E-state index >= 15 is 0 Å². The van der Waals surface area contributed by atoms with Gasteiger partial charge in [0.2, 0.25) is 0 Å². The fraction of sp³-hybridized carbons (Fsp3) is 0.364. The molecule has 88 valence electrons. The highest BCUT2D eigenvalue weighted by Gasteiger charge is 2.20. The highest BCUT2D eigenvalue weighted by atomic mass is 17.2. The van der Waals surface area contributed by atoms with Gasteiger partial charge in [-0.25, -0.2) is 4.79 Å². The van der Waals surface area contributed by atoms with E-state index < -0.39 is 5.97 Å². The molecule has 0 saturated carbocycles. The van der Waals surface area contributed by atoms with Crippen molar-refractivity contribution in [2.45, 2.75) is 6.92 Å². The van der Waals surface area contributed by atoms with Crippen LogP contribution in [0.25, 0.3) is 0 Å². The lowest BCUT2D eigenvalue weighted by Crippen LogP contribution is -2.09. The molecule has 0 N–H and O–H groups in total. The summed E-state index contributed by atoms with van der Waals surface area (Å²) < 4.78 is 10.1. The maximum absolute atomic E-state index is 11.7. The lowest BCUT2D eigenvalue weighted by atomic mass is 10.2. The van der Waals surface area contributed by atoms with Gasteiger partial charge in [-0.3, -0.25) is 4.89 Å². The van der Waals surface area contributed by atoms with E-state index in [1.807, 2.05) is 0 Å². The van der Waals surface area contributed by atoms with Crippen LogP contribution in [0, 0.1) is 0 Å². The molecule has 1 aromatic carbocycles. The van der Waals surface area contributed by atoms with E-state index in [1.54, 1.807) is 25.1 Å². The molecule has 0 unspecified atom stereocenters. The van der Waals surface area contributed by atoms with Crippen LogP contribution in [-0.4, -0.2) is 26.8 Å². The van der Waals surface area contributed by atoms with Crippen molar-refractivity contribution in [2.24, 2.45) is 0 Å². The first-order chi connectivity index (χ1) is 7.74. The molecule has 0 fully saturated rings. The Bertz CT molecular complexity index is 339. The first-order valence-corrected chi connectivity index (χ1v) is 4.79. The average molecular weight is 226 g/mol. The molecule has 0 saturated heterocycles. The molecule has 0 aliphatic heterocycles. The standard InChI is InChI=1S/C11H14O5/c1-4-15-16-11(12)10-8(13-2)6-5-7-9(10)14-3/h5-7H,4H2,1-3H3. The summed E-state index contributed by atoms with van der Waals surface area (Å²) in [5, 5.41) is 0. The normalized spacial score (nSPS) is 9.69. The zero-order valence-corrected chi connectivity index (χ0v) is 9.48. The van der Waals surface area contributed by atoms with Crippen molar-refractivity contribution in [2.75, 3.05) is 20.8 Å². The molecule has 0 bridgehead atoms. The minimum absolute atomic E-state index is 0.209. The third kappa shape index (κ3) is 2.64. The number of hydrogen-bond donors (Lipinski definition) is 0. The molecule has 0 atom stereocenters. The molecule has 0 radical (unpaired) electrons. The van der Waals surface area contributed by atoms with Crippen LogP contribution in [-0.2, 0) is 9.78 Å². The van der Waals surface area contributed by atoms with E-state index in [1.165, 1.54) is 14.2 Å². The zero-order valence-electron chi connectivity index (χ0n) is 9.48. The molecule has 0 aromatic heterocycles. The van der Waals surface area contributed by atoms with Crippen LogP contribution in [0.4, 0.5) is 0 Å². The van der Waals surface area contributed by atoms with Gasteiger partial charge in [-0.1, -0.05) is 6.07 Å². The molecule has 0 heterocycles. The summed E-state index contributed by atoms with van der Waals surface area (Å²) in [5.74, 6) is 0.115. The third-order valence-corrected chi connectivity index (χ3v) is 1.88. The Labute approximate surface area is 93.8 Å². The summed E-state index contributed by atoms with van der Waals surface area (Å²) in [6.45, 7) is 2.00. The number of ether oxygens (including phenoxy) is 2. The maximum Gasteiger partial charge on any atom is 0.380 e. The quantitative estimate of drug-likeness (QED) is 0.566. The highest BCUT2D eigenvalue weighted by Crippen LogP contribution is 2.28. The topological polar surface area (TPSA) is 54.0 Å². The first-order valence-electron chi connectivity index (χ1n) is 4.79. The zero-order chi connectivity index (χ0) is 12.0. The minimum atomic E-state index is -0.642. The van der Waals surface area contributed by atoms with Crippen LogP contribution in [0.2, 0.25) is 0 Å². The summed E-state index contributed by atoms with van der Waals surface area (Å²) in [6.07, 6.45) is 0. The lowest BCUT2D eigenvalue weighted by molar-refractivity contribution is -0.237. The summed E-state index contributed by atoms with van der Waals surface area (Å²) in [4.78, 5) is 20.8. The minimum Gasteiger partial charge on any atom is -0.496 e. The van der Waals surface area contributed by atoms with Gasteiger partial charge in [0.25, 0.3) is 0 Å². The van der Waals surface area contributed by atoms with Gasteiger partial charge < -0.3 is 9.47 Å². The van der Waals surface area contributed by atoms with Gasteiger partial charge in [-0.05, 0) is 19.1 Å². The largest absolute Gasteiger partial charge is 0.496 e. The van der Waals surface area contributed by atoms with Crippen molar-refractivity contribution in [3.63, 3.8) is 0 Å². The van der Waals surface area contributed by atoms with E-state index in [4.69, 9.17) is 9.47 Å². The molecule has 16 heavy (non-hydrogen) atoms. The molecule has 0 amide bonds. The van der Waals surface area contributed by atoms with Gasteiger partial charge in [0.05, 0.1) is 20.8 Å². The third-order valence-electron chi connectivity index (χ3n) is 1.88. The van der Waals surface area contributed by atoms with E-state index in [9.17, 15) is 4.79 Å². The Balaban J connectivity index is 3.03. The second kappa shape index (κ2) is 5.97.